The Morgan fingerprint density at radius 1 is 1.45 bits per heavy atom. The van der Waals surface area contributed by atoms with Crippen LogP contribution in [0.3, 0.4) is 0 Å². The second kappa shape index (κ2) is 5.55. The Hall–Kier alpha value is -1.38. The van der Waals surface area contributed by atoms with Crippen molar-refractivity contribution in [2.75, 3.05) is 11.9 Å². The van der Waals surface area contributed by atoms with Gasteiger partial charge in [0, 0.05) is 4.47 Å². The van der Waals surface area contributed by atoms with Gasteiger partial charge in [-0.15, -0.1) is 0 Å². The number of carbonyl (C=O) groups excluding carboxylic acids is 1. The highest BCUT2D eigenvalue weighted by molar-refractivity contribution is 9.10. The van der Waals surface area contributed by atoms with E-state index in [1.54, 1.807) is 12.1 Å². The molecule has 2 N–H and O–H groups in total. The number of nitrogens with zero attached hydrogens (tertiary/aromatic N) is 1. The van der Waals surface area contributed by atoms with E-state index in [2.05, 4.69) is 32.6 Å². The summed E-state index contributed by atoms with van der Waals surface area (Å²) in [5, 5.41) is 15.4. The number of rotatable bonds is 2. The van der Waals surface area contributed by atoms with Crippen molar-refractivity contribution in [3.05, 3.63) is 28.2 Å². The Bertz CT molecular complexity index is 581. The quantitative estimate of drug-likeness (QED) is 0.874. The first-order valence-electron chi connectivity index (χ1n) is 6.93. The Kier molecular flexibility index (Phi) is 3.77. The van der Waals surface area contributed by atoms with Crippen LogP contribution in [0.4, 0.5) is 5.69 Å². The van der Waals surface area contributed by atoms with Gasteiger partial charge in [0.1, 0.15) is 6.07 Å². The molecule has 1 aromatic rings. The Morgan fingerprint density at radius 2 is 2.30 bits per heavy atom. The second-order valence-corrected chi connectivity index (χ2v) is 6.45. The van der Waals surface area contributed by atoms with Crippen molar-refractivity contribution in [1.82, 2.24) is 5.32 Å². The molecule has 1 saturated heterocycles. The molecule has 4 nitrogen and oxygen atoms in total. The lowest BCUT2D eigenvalue weighted by molar-refractivity contribution is -0.118. The van der Waals surface area contributed by atoms with Gasteiger partial charge in [0.2, 0.25) is 5.91 Å². The number of fused-ring (bicyclic) bond motifs is 1. The molecule has 1 aliphatic heterocycles. The van der Waals surface area contributed by atoms with Crippen LogP contribution >= 0.6 is 15.9 Å². The molecule has 20 heavy (non-hydrogen) atoms. The van der Waals surface area contributed by atoms with Crippen molar-refractivity contribution in [3.8, 4) is 6.07 Å². The van der Waals surface area contributed by atoms with Gasteiger partial charge in [-0.05, 0) is 49.4 Å². The molecule has 0 radical (unpaired) electrons. The smallest absolute Gasteiger partial charge is 0.241 e. The number of benzene rings is 1. The molecule has 1 heterocycles. The SMILES string of the molecule is N#Cc1cc(Br)ccc1NC(=O)C1NCC2CCCC21. The average Bonchev–Trinajstić information content (AvgIpc) is 3.03. The summed E-state index contributed by atoms with van der Waals surface area (Å²) in [5.41, 5.74) is 1.07. The van der Waals surface area contributed by atoms with E-state index in [0.717, 1.165) is 17.4 Å². The fraction of sp³-hybridized carbons (Fsp3) is 0.467. The van der Waals surface area contributed by atoms with Crippen molar-refractivity contribution in [3.63, 3.8) is 0 Å². The minimum absolute atomic E-state index is 0.0155. The van der Waals surface area contributed by atoms with Gasteiger partial charge in [-0.25, -0.2) is 0 Å². The van der Waals surface area contributed by atoms with Gasteiger partial charge < -0.3 is 10.6 Å². The van der Waals surface area contributed by atoms with Gasteiger partial charge in [-0.2, -0.15) is 5.26 Å². The third-order valence-corrected chi connectivity index (χ3v) is 4.88. The number of halogens is 1. The number of anilines is 1. The normalized spacial score (nSPS) is 27.9. The van der Waals surface area contributed by atoms with E-state index in [1.807, 2.05) is 6.07 Å². The molecule has 1 amide bonds. The second-order valence-electron chi connectivity index (χ2n) is 5.53. The van der Waals surface area contributed by atoms with E-state index in [9.17, 15) is 4.79 Å². The molecule has 3 atom stereocenters. The summed E-state index contributed by atoms with van der Waals surface area (Å²) >= 11 is 3.33. The lowest BCUT2D eigenvalue weighted by atomic mass is 9.93. The summed E-state index contributed by atoms with van der Waals surface area (Å²) in [6, 6.07) is 7.31. The zero-order valence-corrected chi connectivity index (χ0v) is 12.6. The lowest BCUT2D eigenvalue weighted by Crippen LogP contribution is -2.39. The van der Waals surface area contributed by atoms with E-state index in [1.165, 1.54) is 12.8 Å². The molecule has 1 aliphatic carbocycles. The zero-order valence-electron chi connectivity index (χ0n) is 11.0. The summed E-state index contributed by atoms with van der Waals surface area (Å²) in [6.45, 7) is 0.939. The standard InChI is InChI=1S/C15H16BrN3O/c16-11-4-5-13(10(6-11)7-17)19-15(20)14-12-3-1-2-9(12)8-18-14/h4-6,9,12,14,18H,1-3,8H2,(H,19,20). The van der Waals surface area contributed by atoms with Gasteiger partial charge in [-0.3, -0.25) is 4.79 Å². The van der Waals surface area contributed by atoms with E-state index in [0.29, 0.717) is 23.1 Å². The molecule has 0 aromatic heterocycles. The predicted octanol–water partition coefficient (Wildman–Crippen LogP) is 2.65. The van der Waals surface area contributed by atoms with Crippen LogP contribution in [-0.4, -0.2) is 18.5 Å². The molecule has 2 fully saturated rings. The van der Waals surface area contributed by atoms with Crippen LogP contribution in [0.15, 0.2) is 22.7 Å². The monoisotopic (exact) mass is 333 g/mol. The molecule has 5 heteroatoms. The number of nitrogens with one attached hydrogen (secondary N) is 2. The van der Waals surface area contributed by atoms with Crippen LogP contribution in [0.5, 0.6) is 0 Å². The number of amides is 1. The highest BCUT2D eigenvalue weighted by Crippen LogP contribution is 2.38. The summed E-state index contributed by atoms with van der Waals surface area (Å²) < 4.78 is 0.835. The molecule has 104 valence electrons. The summed E-state index contributed by atoms with van der Waals surface area (Å²) in [7, 11) is 0. The molecular weight excluding hydrogens is 318 g/mol. The van der Waals surface area contributed by atoms with E-state index in [4.69, 9.17) is 5.26 Å². The summed E-state index contributed by atoms with van der Waals surface area (Å²) in [5.74, 6) is 1.08. The van der Waals surface area contributed by atoms with Crippen LogP contribution < -0.4 is 10.6 Å². The van der Waals surface area contributed by atoms with Crippen molar-refractivity contribution < 1.29 is 4.79 Å². The van der Waals surface area contributed by atoms with Crippen LogP contribution in [0.2, 0.25) is 0 Å². The minimum atomic E-state index is -0.113. The average molecular weight is 334 g/mol. The van der Waals surface area contributed by atoms with Gasteiger partial charge in [0.25, 0.3) is 0 Å². The van der Waals surface area contributed by atoms with Crippen molar-refractivity contribution in [2.24, 2.45) is 11.8 Å². The summed E-state index contributed by atoms with van der Waals surface area (Å²) in [4.78, 5) is 12.4. The molecule has 1 aromatic carbocycles. The van der Waals surface area contributed by atoms with Crippen molar-refractivity contribution >= 4 is 27.5 Å². The molecule has 2 aliphatic rings. The van der Waals surface area contributed by atoms with Crippen molar-refractivity contribution in [2.45, 2.75) is 25.3 Å². The maximum atomic E-state index is 12.4. The van der Waals surface area contributed by atoms with Gasteiger partial charge in [0.05, 0.1) is 17.3 Å². The Morgan fingerprint density at radius 3 is 3.10 bits per heavy atom. The van der Waals surface area contributed by atoms with E-state index < -0.39 is 0 Å². The highest BCUT2D eigenvalue weighted by Gasteiger charge is 2.42. The molecule has 1 saturated carbocycles. The van der Waals surface area contributed by atoms with Crippen LogP contribution in [0.1, 0.15) is 24.8 Å². The first kappa shape index (κ1) is 13.6. The maximum absolute atomic E-state index is 12.4. The van der Waals surface area contributed by atoms with Crippen LogP contribution in [-0.2, 0) is 4.79 Å². The van der Waals surface area contributed by atoms with E-state index in [-0.39, 0.29) is 11.9 Å². The molecule has 3 unspecified atom stereocenters. The van der Waals surface area contributed by atoms with Gasteiger partial charge in [0.15, 0.2) is 0 Å². The van der Waals surface area contributed by atoms with Crippen LogP contribution in [0, 0.1) is 23.2 Å². The first-order valence-corrected chi connectivity index (χ1v) is 7.72. The van der Waals surface area contributed by atoms with E-state index >= 15 is 0 Å². The number of carbonyl (C=O) groups is 1. The largest absolute Gasteiger partial charge is 0.324 e. The number of hydrogen-bond acceptors (Lipinski definition) is 3. The van der Waals surface area contributed by atoms with Crippen molar-refractivity contribution in [1.29, 1.82) is 5.26 Å². The predicted molar refractivity (Wildman–Crippen MR) is 80.1 cm³/mol. The minimum Gasteiger partial charge on any atom is -0.324 e. The third kappa shape index (κ3) is 2.46. The summed E-state index contributed by atoms with van der Waals surface area (Å²) in [6.07, 6.45) is 3.58. The molecule has 3 rings (SSSR count). The highest BCUT2D eigenvalue weighted by atomic mass is 79.9. The zero-order chi connectivity index (χ0) is 14.1. The number of hydrogen-bond donors (Lipinski definition) is 2. The Labute approximate surface area is 126 Å². The molecule has 0 spiro atoms. The Balaban J connectivity index is 1.75. The fourth-order valence-corrected chi connectivity index (χ4v) is 3.76. The maximum Gasteiger partial charge on any atom is 0.241 e. The topological polar surface area (TPSA) is 64.9 Å². The third-order valence-electron chi connectivity index (χ3n) is 4.39. The molecule has 0 bridgehead atoms. The van der Waals surface area contributed by atoms with Gasteiger partial charge >= 0.3 is 0 Å². The molecular formula is C15H16BrN3O. The van der Waals surface area contributed by atoms with Crippen LogP contribution in [0.25, 0.3) is 0 Å². The van der Waals surface area contributed by atoms with Gasteiger partial charge in [-0.1, -0.05) is 22.4 Å². The fourth-order valence-electron chi connectivity index (χ4n) is 3.40. The number of nitriles is 1. The lowest BCUT2D eigenvalue weighted by Gasteiger charge is -2.18. The first-order chi connectivity index (χ1) is 9.69.